The quantitative estimate of drug-likeness (QED) is 0.318. The van der Waals surface area contributed by atoms with Crippen molar-refractivity contribution in [3.05, 3.63) is 62.9 Å². The van der Waals surface area contributed by atoms with Crippen molar-refractivity contribution in [3.63, 3.8) is 0 Å². The first-order valence-electron chi connectivity index (χ1n) is 12.3. The molecular weight excluding hydrogens is 546 g/mol. The van der Waals surface area contributed by atoms with Gasteiger partial charge in [0, 0.05) is 34.7 Å². The highest BCUT2D eigenvalue weighted by atomic mass is 32.2. The van der Waals surface area contributed by atoms with Crippen LogP contribution < -0.4 is 15.2 Å². The van der Waals surface area contributed by atoms with Crippen LogP contribution in [0, 0.1) is 12.8 Å². The maximum absolute atomic E-state index is 13.6. The number of ketones is 1. The summed E-state index contributed by atoms with van der Waals surface area (Å²) in [6.07, 6.45) is 3.07. The molecule has 5 rings (SSSR count). The first-order valence-corrected chi connectivity index (χ1v) is 14.6. The molecule has 1 aliphatic carbocycles. The van der Waals surface area contributed by atoms with Crippen LogP contribution in [-0.4, -0.2) is 66.7 Å². The van der Waals surface area contributed by atoms with Gasteiger partial charge in [0.25, 0.3) is 0 Å². The van der Waals surface area contributed by atoms with Crippen LogP contribution in [-0.2, 0) is 25.6 Å². The number of aromatic nitrogens is 3. The molecule has 4 N–H and O–H groups in total. The number of methoxy groups -OCH3 is 1. The summed E-state index contributed by atoms with van der Waals surface area (Å²) in [5.41, 5.74) is 3.02. The highest BCUT2D eigenvalue weighted by Crippen LogP contribution is 2.38. The van der Waals surface area contributed by atoms with Crippen molar-refractivity contribution >= 4 is 33.2 Å². The Morgan fingerprint density at radius 2 is 2.15 bits per heavy atom. The number of hydrogen-bond acceptors (Lipinski definition) is 12. The summed E-state index contributed by atoms with van der Waals surface area (Å²) in [6, 6.07) is 5.40. The first-order chi connectivity index (χ1) is 18.6. The van der Waals surface area contributed by atoms with Gasteiger partial charge in [0.05, 0.1) is 42.6 Å². The number of rotatable bonds is 9. The molecule has 0 aromatic carbocycles. The second-order valence-electron chi connectivity index (χ2n) is 9.55. The normalized spacial score (nSPS) is 22.9. The number of anilines is 1. The highest BCUT2D eigenvalue weighted by Gasteiger charge is 2.35. The lowest BCUT2D eigenvalue weighted by atomic mass is 9.97. The second kappa shape index (κ2) is 11.2. The number of aliphatic hydroxyl groups is 1. The Labute approximate surface area is 229 Å². The van der Waals surface area contributed by atoms with E-state index in [-0.39, 0.29) is 24.0 Å². The molecule has 4 heterocycles. The van der Waals surface area contributed by atoms with Crippen LogP contribution in [0.15, 0.2) is 30.7 Å². The van der Waals surface area contributed by atoms with E-state index in [2.05, 4.69) is 24.5 Å². The Kier molecular flexibility index (Phi) is 7.94. The number of fused-ring (bicyclic) bond motifs is 1. The molecule has 2 aliphatic rings. The van der Waals surface area contributed by atoms with Gasteiger partial charge in [-0.3, -0.25) is 8.98 Å². The van der Waals surface area contributed by atoms with E-state index in [4.69, 9.17) is 14.6 Å². The average Bonchev–Trinajstić information content (AvgIpc) is 3.47. The van der Waals surface area contributed by atoms with E-state index in [1.165, 1.54) is 23.9 Å². The molecule has 0 amide bonds. The maximum Gasteiger partial charge on any atom is 0.333 e. The molecule has 39 heavy (non-hydrogen) atoms. The first kappa shape index (κ1) is 27.6. The number of aryl methyl sites for hydroxylation is 1. The zero-order chi connectivity index (χ0) is 27.7. The SMILES string of the molecule is COc1ccc2c(n1)[C@@H](c1cc(C(=O)c3cncnc3N[C@@H]3C[C@H](COS(N)(=O)=O)[C@@H](O)C3)sc1C)OCC2. The number of ether oxygens (including phenoxy) is 2. The van der Waals surface area contributed by atoms with Gasteiger partial charge in [-0.05, 0) is 37.8 Å². The number of aliphatic hydroxyl groups excluding tert-OH is 1. The van der Waals surface area contributed by atoms with Crippen LogP contribution in [0.4, 0.5) is 5.82 Å². The summed E-state index contributed by atoms with van der Waals surface area (Å²) < 4.78 is 38.3. The van der Waals surface area contributed by atoms with Crippen molar-refractivity contribution in [1.29, 1.82) is 0 Å². The number of nitrogens with zero attached hydrogens (tertiary/aromatic N) is 3. The minimum absolute atomic E-state index is 0.224. The van der Waals surface area contributed by atoms with Crippen molar-refractivity contribution in [3.8, 4) is 5.88 Å². The summed E-state index contributed by atoms with van der Waals surface area (Å²) in [7, 11) is -2.54. The topological polar surface area (TPSA) is 176 Å². The van der Waals surface area contributed by atoms with E-state index in [9.17, 15) is 18.3 Å². The third kappa shape index (κ3) is 6.10. The smallest absolute Gasteiger partial charge is 0.333 e. The van der Waals surface area contributed by atoms with Gasteiger partial charge in [-0.2, -0.15) is 8.42 Å². The molecule has 14 heteroatoms. The minimum Gasteiger partial charge on any atom is -0.481 e. The molecular formula is C25H29N5O7S2. The van der Waals surface area contributed by atoms with Crippen LogP contribution in [0.1, 0.15) is 55.9 Å². The molecule has 3 aromatic heterocycles. The summed E-state index contributed by atoms with van der Waals surface area (Å²) in [5, 5.41) is 18.5. The van der Waals surface area contributed by atoms with Gasteiger partial charge in [0.1, 0.15) is 18.2 Å². The Morgan fingerprint density at radius 1 is 1.33 bits per heavy atom. The summed E-state index contributed by atoms with van der Waals surface area (Å²) >= 11 is 1.36. The fourth-order valence-corrected chi connectivity index (χ4v) is 6.39. The Bertz CT molecular complexity index is 1480. The number of nitrogens with two attached hydrogens (primary N) is 1. The number of pyridine rings is 1. The van der Waals surface area contributed by atoms with Crippen LogP contribution in [0.5, 0.6) is 5.88 Å². The minimum atomic E-state index is -4.10. The number of thiophene rings is 1. The van der Waals surface area contributed by atoms with Crippen molar-refractivity contribution in [2.45, 2.75) is 44.4 Å². The largest absolute Gasteiger partial charge is 0.481 e. The van der Waals surface area contributed by atoms with Crippen molar-refractivity contribution in [2.24, 2.45) is 11.1 Å². The third-order valence-electron chi connectivity index (χ3n) is 6.96. The molecule has 0 radical (unpaired) electrons. The van der Waals surface area contributed by atoms with E-state index in [0.717, 1.165) is 28.1 Å². The van der Waals surface area contributed by atoms with Crippen LogP contribution in [0.25, 0.3) is 0 Å². The van der Waals surface area contributed by atoms with E-state index >= 15 is 0 Å². The Balaban J connectivity index is 1.35. The van der Waals surface area contributed by atoms with Gasteiger partial charge in [-0.1, -0.05) is 6.07 Å². The van der Waals surface area contributed by atoms with Gasteiger partial charge in [-0.15, -0.1) is 11.3 Å². The summed E-state index contributed by atoms with van der Waals surface area (Å²) in [5.74, 6) is 0.147. The van der Waals surface area contributed by atoms with Gasteiger partial charge in [0.2, 0.25) is 11.7 Å². The lowest BCUT2D eigenvalue weighted by molar-refractivity contribution is 0.0658. The van der Waals surface area contributed by atoms with Crippen LogP contribution >= 0.6 is 11.3 Å². The molecule has 0 unspecified atom stereocenters. The molecule has 1 saturated carbocycles. The molecule has 1 aliphatic heterocycles. The Morgan fingerprint density at radius 3 is 2.92 bits per heavy atom. The summed E-state index contributed by atoms with van der Waals surface area (Å²) in [4.78, 5) is 28.0. The van der Waals surface area contributed by atoms with E-state index in [0.29, 0.717) is 36.0 Å². The molecule has 0 bridgehead atoms. The summed E-state index contributed by atoms with van der Waals surface area (Å²) in [6.45, 7) is 2.26. The molecule has 208 valence electrons. The number of carbonyl (C=O) groups excluding carboxylic acids is 1. The fourth-order valence-electron chi connectivity index (χ4n) is 5.03. The van der Waals surface area contributed by atoms with Crippen molar-refractivity contribution < 1.29 is 32.0 Å². The molecule has 0 spiro atoms. The number of hydrogen-bond donors (Lipinski definition) is 3. The lowest BCUT2D eigenvalue weighted by Crippen LogP contribution is -2.24. The number of carbonyl (C=O) groups is 1. The monoisotopic (exact) mass is 575 g/mol. The van der Waals surface area contributed by atoms with Crippen LogP contribution in [0.3, 0.4) is 0 Å². The number of nitrogens with one attached hydrogen (secondary N) is 1. The van der Waals surface area contributed by atoms with Gasteiger partial charge in [-0.25, -0.2) is 20.1 Å². The Hall–Kier alpha value is -3.01. The lowest BCUT2D eigenvalue weighted by Gasteiger charge is -2.25. The molecule has 12 nitrogen and oxygen atoms in total. The fraction of sp³-hybridized carbons (Fsp3) is 0.440. The molecule has 1 fully saturated rings. The molecule has 4 atom stereocenters. The zero-order valence-electron chi connectivity index (χ0n) is 21.4. The van der Waals surface area contributed by atoms with Gasteiger partial charge >= 0.3 is 10.3 Å². The standard InChI is InChI=1S/C25H29N5O7S2/c1-13-17(24-22-14(5-6-36-24)3-4-21(30-22)35-2)9-20(38-13)23(32)18-10-27-12-28-25(18)29-16-7-15(19(31)8-16)11-37-39(26,33)34/h3-4,9-10,12,15-16,19,24,31H,5-8,11H2,1-2H3,(H2,26,33,34)(H,27,28,29)/t15-,16-,19+,24-/m1/s1. The third-order valence-corrected chi connectivity index (χ3v) is 8.49. The van der Waals surface area contributed by atoms with Crippen molar-refractivity contribution in [1.82, 2.24) is 15.0 Å². The van der Waals surface area contributed by atoms with Crippen LogP contribution in [0.2, 0.25) is 0 Å². The molecule has 0 saturated heterocycles. The second-order valence-corrected chi connectivity index (χ2v) is 12.0. The predicted octanol–water partition coefficient (Wildman–Crippen LogP) is 1.91. The highest BCUT2D eigenvalue weighted by molar-refractivity contribution is 7.84. The van der Waals surface area contributed by atoms with E-state index < -0.39 is 28.4 Å². The zero-order valence-corrected chi connectivity index (χ0v) is 23.0. The van der Waals surface area contributed by atoms with E-state index in [1.807, 2.05) is 25.1 Å². The van der Waals surface area contributed by atoms with E-state index in [1.54, 1.807) is 7.11 Å². The van der Waals surface area contributed by atoms with Crippen molar-refractivity contribution in [2.75, 3.05) is 25.6 Å². The predicted molar refractivity (Wildman–Crippen MR) is 142 cm³/mol. The molecule has 3 aromatic rings. The maximum atomic E-state index is 13.6. The van der Waals surface area contributed by atoms with Gasteiger partial charge < -0.3 is 19.9 Å². The average molecular weight is 576 g/mol. The van der Waals surface area contributed by atoms with Gasteiger partial charge in [0.15, 0.2) is 0 Å².